The molecular weight excluding hydrogens is 438 g/mol. The summed E-state index contributed by atoms with van der Waals surface area (Å²) in [4.78, 5) is 0. The predicted octanol–water partition coefficient (Wildman–Crippen LogP) is 7.65. The Morgan fingerprint density at radius 2 is 1.03 bits per heavy atom. The summed E-state index contributed by atoms with van der Waals surface area (Å²) in [6.07, 6.45) is 0. The highest BCUT2D eigenvalue weighted by atomic mass is 31.2. The lowest BCUT2D eigenvalue weighted by atomic mass is 10.2. The van der Waals surface area contributed by atoms with E-state index in [-0.39, 0.29) is 17.7 Å². The molecule has 0 unspecified atom stereocenters. The first kappa shape index (κ1) is 21.3. The lowest BCUT2D eigenvalue weighted by molar-refractivity contribution is 0.634. The van der Waals surface area contributed by atoms with E-state index in [1.54, 1.807) is 12.1 Å². The Morgan fingerprint density at radius 3 is 1.47 bits per heavy atom. The molecule has 5 rings (SSSR count). The zero-order valence-electron chi connectivity index (χ0n) is 17.9. The average Bonchev–Trinajstić information content (AvgIpc) is 3.13. The van der Waals surface area contributed by atoms with E-state index in [0.717, 1.165) is 0 Å². The summed E-state index contributed by atoms with van der Waals surface area (Å²) >= 11 is 0. The third-order valence-electron chi connectivity index (χ3n) is 5.59. The Morgan fingerprint density at radius 1 is 0.625 bits per heavy atom. The molecule has 1 aromatic heterocycles. The lowest BCUT2D eigenvalue weighted by Gasteiger charge is -2.36. The topological polar surface area (TPSA) is 3.24 Å². The molecule has 32 heavy (non-hydrogen) atoms. The van der Waals surface area contributed by atoms with Crippen LogP contribution < -0.4 is 15.1 Å². The second kappa shape index (κ2) is 8.75. The Hall–Kier alpha value is -2.57. The summed E-state index contributed by atoms with van der Waals surface area (Å²) in [5.41, 5.74) is 0. The van der Waals surface area contributed by atoms with Gasteiger partial charge in [-0.3, -0.25) is 0 Å². The highest BCUT2D eigenvalue weighted by Crippen LogP contribution is 2.59. The van der Waals surface area contributed by atoms with Gasteiger partial charge in [0.05, 0.1) is 0 Å². The fourth-order valence-corrected chi connectivity index (χ4v) is 10.8. The van der Waals surface area contributed by atoms with Crippen molar-refractivity contribution in [1.82, 2.24) is 0 Å². The Labute approximate surface area is 189 Å². The van der Waals surface area contributed by atoms with Crippen molar-refractivity contribution in [2.24, 2.45) is 0 Å². The van der Waals surface area contributed by atoms with Crippen LogP contribution in [0, 0.1) is 11.6 Å². The molecule has 0 aliphatic heterocycles. The monoisotopic (exact) mass is 461 g/mol. The molecule has 5 heteroatoms. The summed E-state index contributed by atoms with van der Waals surface area (Å²) < 4.78 is 32.8. The van der Waals surface area contributed by atoms with Crippen LogP contribution in [0.25, 0.3) is 21.0 Å². The molecule has 4 aromatic carbocycles. The van der Waals surface area contributed by atoms with Crippen molar-refractivity contribution >= 4 is 47.4 Å². The minimum Gasteiger partial charge on any atom is -0.227 e. The number of fused-ring (bicyclic) bond motifs is 3. The molecule has 0 bridgehead atoms. The first-order valence-electron chi connectivity index (χ1n) is 10.6. The van der Waals surface area contributed by atoms with E-state index in [2.05, 4.69) is 66.8 Å². The molecule has 0 atom stereocenters. The van der Waals surface area contributed by atoms with Crippen LogP contribution in [0.5, 0.6) is 0 Å². The van der Waals surface area contributed by atoms with Crippen LogP contribution in [0.4, 0.5) is 8.78 Å². The quantitative estimate of drug-likeness (QED) is 0.243. The van der Waals surface area contributed by atoms with Gasteiger partial charge >= 0.3 is 0 Å². The number of benzene rings is 4. The second-order valence-corrected chi connectivity index (χ2v) is 12.3. The fraction of sp³-hybridized carbons (Fsp3) is 0.111. The Kier molecular flexibility index (Phi) is 5.82. The van der Waals surface area contributed by atoms with Crippen molar-refractivity contribution < 1.29 is 8.78 Å². The zero-order valence-corrected chi connectivity index (χ0v) is 19.7. The van der Waals surface area contributed by atoms with Crippen LogP contribution in [-0.2, 0) is 0 Å². The molecule has 0 saturated heterocycles. The van der Waals surface area contributed by atoms with Gasteiger partial charge in [-0.25, -0.2) is 13.2 Å². The van der Waals surface area contributed by atoms with E-state index in [0.29, 0.717) is 10.6 Å². The first-order valence-corrected chi connectivity index (χ1v) is 13.2. The molecule has 5 aromatic rings. The van der Waals surface area contributed by atoms with E-state index in [1.165, 1.54) is 33.1 Å². The first-order chi connectivity index (χ1) is 15.6. The third kappa shape index (κ3) is 3.55. The van der Waals surface area contributed by atoms with Crippen molar-refractivity contribution in [3.05, 3.63) is 109 Å². The van der Waals surface area contributed by atoms with Gasteiger partial charge in [-0.2, -0.15) is 0 Å². The van der Waals surface area contributed by atoms with Crippen LogP contribution in [0.3, 0.4) is 0 Å². The van der Waals surface area contributed by atoms with Gasteiger partial charge in [-0.05, 0) is 68.7 Å². The van der Waals surface area contributed by atoms with E-state index in [9.17, 15) is 0 Å². The molecule has 0 aliphatic rings. The maximum Gasteiger partial charge on any atom is 0.132 e. The molecule has 1 nitrogen and oxygen atoms in total. The molecule has 160 valence electrons. The number of nitrogens with zero attached hydrogens (tertiary/aromatic N) is 1. The number of halogens is 2. The molecule has 0 radical (unpaired) electrons. The Bertz CT molecular complexity index is 1310. The maximum atomic E-state index is 15.2. The molecule has 0 N–H and O–H groups in total. The van der Waals surface area contributed by atoms with Gasteiger partial charge in [-0.1, -0.05) is 60.7 Å². The molecule has 0 amide bonds. The van der Waals surface area contributed by atoms with Crippen LogP contribution in [0.2, 0.25) is 0 Å². The fourth-order valence-electron chi connectivity index (χ4n) is 4.27. The molecule has 0 spiro atoms. The number of hydrogen-bond acceptors (Lipinski definition) is 1. The minimum absolute atomic E-state index is 0.0747. The molecule has 0 fully saturated rings. The number of hydrogen-bond donors (Lipinski definition) is 0. The van der Waals surface area contributed by atoms with Gasteiger partial charge < -0.3 is 0 Å². The summed E-state index contributed by atoms with van der Waals surface area (Å²) in [5, 5.41) is 6.06. The second-order valence-electron chi connectivity index (χ2n) is 7.97. The number of rotatable bonds is 5. The van der Waals surface area contributed by atoms with Crippen molar-refractivity contribution in [1.29, 1.82) is 0 Å². The zero-order chi connectivity index (χ0) is 22.2. The molecular formula is C27H23F2NP2. The molecule has 0 saturated carbocycles. The highest BCUT2D eigenvalue weighted by Gasteiger charge is 2.32. The Balaban J connectivity index is 1.87. The largest absolute Gasteiger partial charge is 0.227 e. The van der Waals surface area contributed by atoms with E-state index >= 15 is 8.78 Å². The smallest absolute Gasteiger partial charge is 0.132 e. The molecule has 1 heterocycles. The normalized spacial score (nSPS) is 12.0. The van der Waals surface area contributed by atoms with E-state index < -0.39 is 15.8 Å². The van der Waals surface area contributed by atoms with Crippen LogP contribution >= 0.6 is 15.8 Å². The van der Waals surface area contributed by atoms with Crippen molar-refractivity contribution in [3.63, 3.8) is 0 Å². The summed E-state index contributed by atoms with van der Waals surface area (Å²) in [5.74, 6) is -0.577. The lowest BCUT2D eigenvalue weighted by Crippen LogP contribution is -2.34. The van der Waals surface area contributed by atoms with Gasteiger partial charge in [0.1, 0.15) is 11.6 Å². The highest BCUT2D eigenvalue weighted by molar-refractivity contribution is 7.85. The van der Waals surface area contributed by atoms with Crippen molar-refractivity contribution in [2.45, 2.75) is 19.9 Å². The van der Waals surface area contributed by atoms with Gasteiger partial charge in [-0.15, -0.1) is 0 Å². The van der Waals surface area contributed by atoms with Crippen LogP contribution in [0.15, 0.2) is 97.1 Å². The third-order valence-corrected chi connectivity index (χ3v) is 11.7. The summed E-state index contributed by atoms with van der Waals surface area (Å²) in [7, 11) is -2.41. The van der Waals surface area contributed by atoms with E-state index in [4.69, 9.17) is 0 Å². The van der Waals surface area contributed by atoms with E-state index in [1.807, 2.05) is 24.3 Å². The molecule has 0 aliphatic carbocycles. The summed E-state index contributed by atoms with van der Waals surface area (Å²) in [6.45, 7) is 4.26. The van der Waals surface area contributed by atoms with Crippen LogP contribution in [0.1, 0.15) is 13.8 Å². The van der Waals surface area contributed by atoms with Gasteiger partial charge in [0.15, 0.2) is 0 Å². The standard InChI is InChI=1S/C27H23F2NP2/c1-19(2)30(31-24-15-7-3-11-20(24)21-12-4-8-16-25(21)31)32(26-17-9-5-13-22(26)28)27-18-10-6-14-23(27)29/h3-19H,1-2H3. The minimum atomic E-state index is -1.44. The SMILES string of the molecule is CC(C)N(P(c1ccccc1F)c1ccccc1F)p1c2ccccc2c2ccccc21. The summed E-state index contributed by atoms with van der Waals surface area (Å²) in [6, 6.07) is 30.6. The van der Waals surface area contributed by atoms with Gasteiger partial charge in [0.25, 0.3) is 0 Å². The van der Waals surface area contributed by atoms with Crippen LogP contribution in [-0.4, -0.2) is 6.04 Å². The average molecular weight is 461 g/mol. The van der Waals surface area contributed by atoms with Crippen molar-refractivity contribution in [2.75, 3.05) is 4.44 Å². The van der Waals surface area contributed by atoms with Gasteiger partial charge in [0.2, 0.25) is 0 Å². The van der Waals surface area contributed by atoms with Crippen molar-refractivity contribution in [3.8, 4) is 0 Å². The predicted molar refractivity (Wildman–Crippen MR) is 137 cm³/mol. The van der Waals surface area contributed by atoms with Gasteiger partial charge in [0, 0.05) is 35.0 Å². The maximum absolute atomic E-state index is 15.2.